The Bertz CT molecular complexity index is 464. The van der Waals surface area contributed by atoms with Gasteiger partial charge >= 0.3 is 0 Å². The lowest BCUT2D eigenvalue weighted by Gasteiger charge is -2.29. The van der Waals surface area contributed by atoms with Crippen LogP contribution >= 0.6 is 0 Å². The van der Waals surface area contributed by atoms with Crippen molar-refractivity contribution < 1.29 is 14.2 Å². The summed E-state index contributed by atoms with van der Waals surface area (Å²) in [5.41, 5.74) is 1.60. The number of anilines is 1. The number of methoxy groups -OCH3 is 1. The van der Waals surface area contributed by atoms with E-state index < -0.39 is 6.10 Å². The molecule has 5 heteroatoms. The number of rotatable bonds is 7. The van der Waals surface area contributed by atoms with Gasteiger partial charge in [0.2, 0.25) is 0 Å². The van der Waals surface area contributed by atoms with Crippen LogP contribution in [-0.4, -0.2) is 44.6 Å². The summed E-state index contributed by atoms with van der Waals surface area (Å²) < 4.78 is 19.3. The molecule has 2 unspecified atom stereocenters. The normalized spacial score (nSPS) is 18.3. The average Bonchev–Trinajstić information content (AvgIpc) is 2.53. The molecule has 1 aliphatic heterocycles. The van der Waals surface area contributed by atoms with Crippen LogP contribution in [0.1, 0.15) is 37.8 Å². The molecule has 0 saturated carbocycles. The van der Waals surface area contributed by atoms with Crippen molar-refractivity contribution in [1.29, 1.82) is 0 Å². The van der Waals surface area contributed by atoms with Crippen LogP contribution in [0.2, 0.25) is 0 Å². The Morgan fingerprint density at radius 1 is 1.32 bits per heavy atom. The van der Waals surface area contributed by atoms with Crippen molar-refractivity contribution in [1.82, 2.24) is 5.32 Å². The summed E-state index contributed by atoms with van der Waals surface area (Å²) in [7, 11) is 1.56. The largest absolute Gasteiger partial charge is 0.389 e. The Labute approximate surface area is 132 Å². The SMILES string of the molecule is COCC(O)CNC(C)c1ccc(N2CCCCC2)c(F)c1. The van der Waals surface area contributed by atoms with E-state index in [1.54, 1.807) is 13.2 Å². The first-order valence-corrected chi connectivity index (χ1v) is 8.06. The van der Waals surface area contributed by atoms with Crippen molar-refractivity contribution in [3.63, 3.8) is 0 Å². The molecule has 0 amide bonds. The molecule has 124 valence electrons. The van der Waals surface area contributed by atoms with Gasteiger partial charge in [0.1, 0.15) is 5.82 Å². The van der Waals surface area contributed by atoms with E-state index in [0.29, 0.717) is 18.8 Å². The Hall–Kier alpha value is -1.17. The van der Waals surface area contributed by atoms with E-state index in [1.807, 2.05) is 19.1 Å². The fourth-order valence-corrected chi connectivity index (χ4v) is 2.87. The molecule has 1 heterocycles. The van der Waals surface area contributed by atoms with Crippen molar-refractivity contribution in [2.24, 2.45) is 0 Å². The van der Waals surface area contributed by atoms with Gasteiger partial charge in [0.05, 0.1) is 18.4 Å². The highest BCUT2D eigenvalue weighted by atomic mass is 19.1. The maximum absolute atomic E-state index is 14.4. The standard InChI is InChI=1S/C17H27FN2O2/c1-13(19-11-15(21)12-22-2)14-6-7-17(16(18)10-14)20-8-4-3-5-9-20/h6-7,10,13,15,19,21H,3-5,8-9,11-12H2,1-2H3. The van der Waals surface area contributed by atoms with Crippen LogP contribution in [0.4, 0.5) is 10.1 Å². The lowest BCUT2D eigenvalue weighted by molar-refractivity contribution is 0.0630. The predicted octanol–water partition coefficient (Wildman–Crippen LogP) is 2.47. The Kier molecular flexibility index (Phi) is 6.61. The predicted molar refractivity (Wildman–Crippen MR) is 86.8 cm³/mol. The minimum absolute atomic E-state index is 0.0172. The first-order valence-electron chi connectivity index (χ1n) is 8.06. The number of ether oxygens (including phenoxy) is 1. The third-order valence-corrected chi connectivity index (χ3v) is 4.19. The number of hydrogen-bond donors (Lipinski definition) is 2. The van der Waals surface area contributed by atoms with Crippen LogP contribution in [0.5, 0.6) is 0 Å². The van der Waals surface area contributed by atoms with E-state index in [1.165, 1.54) is 6.42 Å². The molecule has 2 N–H and O–H groups in total. The lowest BCUT2D eigenvalue weighted by atomic mass is 10.1. The molecule has 1 aromatic carbocycles. The monoisotopic (exact) mass is 310 g/mol. The maximum atomic E-state index is 14.4. The zero-order valence-electron chi connectivity index (χ0n) is 13.5. The summed E-state index contributed by atoms with van der Waals surface area (Å²) in [6, 6.07) is 5.42. The van der Waals surface area contributed by atoms with Gasteiger partial charge in [0, 0.05) is 32.8 Å². The number of piperidine rings is 1. The van der Waals surface area contributed by atoms with E-state index in [2.05, 4.69) is 10.2 Å². The Balaban J connectivity index is 1.95. The van der Waals surface area contributed by atoms with Crippen molar-refractivity contribution in [3.05, 3.63) is 29.6 Å². The van der Waals surface area contributed by atoms with E-state index in [9.17, 15) is 9.50 Å². The summed E-state index contributed by atoms with van der Waals surface area (Å²) in [4.78, 5) is 2.13. The van der Waals surface area contributed by atoms with Crippen LogP contribution in [0.25, 0.3) is 0 Å². The molecule has 1 aromatic rings. The highest BCUT2D eigenvalue weighted by Gasteiger charge is 2.16. The molecule has 0 bridgehead atoms. The number of benzene rings is 1. The van der Waals surface area contributed by atoms with Gasteiger partial charge in [-0.05, 0) is 43.9 Å². The van der Waals surface area contributed by atoms with Gasteiger partial charge in [0.15, 0.2) is 0 Å². The minimum Gasteiger partial charge on any atom is -0.389 e. The third kappa shape index (κ3) is 4.66. The van der Waals surface area contributed by atoms with Crippen molar-refractivity contribution in [2.45, 2.75) is 38.3 Å². The second-order valence-corrected chi connectivity index (χ2v) is 6.00. The lowest BCUT2D eigenvalue weighted by Crippen LogP contribution is -2.32. The van der Waals surface area contributed by atoms with Gasteiger partial charge in [0.25, 0.3) is 0 Å². The molecule has 0 spiro atoms. The Morgan fingerprint density at radius 3 is 2.68 bits per heavy atom. The maximum Gasteiger partial charge on any atom is 0.146 e. The molecular weight excluding hydrogens is 283 g/mol. The van der Waals surface area contributed by atoms with Crippen LogP contribution in [-0.2, 0) is 4.74 Å². The van der Waals surface area contributed by atoms with Gasteiger partial charge < -0.3 is 20.1 Å². The number of aliphatic hydroxyl groups excluding tert-OH is 1. The second-order valence-electron chi connectivity index (χ2n) is 6.00. The molecular formula is C17H27FN2O2. The fraction of sp³-hybridized carbons (Fsp3) is 0.647. The van der Waals surface area contributed by atoms with Gasteiger partial charge in [-0.15, -0.1) is 0 Å². The number of halogens is 1. The molecule has 0 radical (unpaired) electrons. The quantitative estimate of drug-likeness (QED) is 0.812. The number of aliphatic hydroxyl groups is 1. The topological polar surface area (TPSA) is 44.7 Å². The molecule has 1 fully saturated rings. The molecule has 1 aliphatic rings. The van der Waals surface area contributed by atoms with Gasteiger partial charge in [-0.2, -0.15) is 0 Å². The molecule has 0 aliphatic carbocycles. The molecule has 0 aromatic heterocycles. The van der Waals surface area contributed by atoms with Crippen molar-refractivity contribution in [3.8, 4) is 0 Å². The highest BCUT2D eigenvalue weighted by Crippen LogP contribution is 2.26. The number of nitrogens with one attached hydrogen (secondary N) is 1. The van der Waals surface area contributed by atoms with Crippen molar-refractivity contribution >= 4 is 5.69 Å². The molecule has 2 atom stereocenters. The van der Waals surface area contributed by atoms with Gasteiger partial charge in [-0.25, -0.2) is 4.39 Å². The minimum atomic E-state index is -0.551. The summed E-state index contributed by atoms with van der Waals surface area (Å²) in [6.45, 7) is 4.56. The number of nitrogens with zero attached hydrogens (tertiary/aromatic N) is 1. The molecule has 4 nitrogen and oxygen atoms in total. The van der Waals surface area contributed by atoms with Crippen LogP contribution in [0.3, 0.4) is 0 Å². The van der Waals surface area contributed by atoms with E-state index in [4.69, 9.17) is 4.74 Å². The van der Waals surface area contributed by atoms with Crippen LogP contribution in [0.15, 0.2) is 18.2 Å². The van der Waals surface area contributed by atoms with Crippen LogP contribution < -0.4 is 10.2 Å². The smallest absolute Gasteiger partial charge is 0.146 e. The van der Waals surface area contributed by atoms with Gasteiger partial charge in [-0.1, -0.05) is 6.07 Å². The number of hydrogen-bond acceptors (Lipinski definition) is 4. The first kappa shape index (κ1) is 17.2. The fourth-order valence-electron chi connectivity index (χ4n) is 2.87. The van der Waals surface area contributed by atoms with Gasteiger partial charge in [-0.3, -0.25) is 0 Å². The zero-order chi connectivity index (χ0) is 15.9. The van der Waals surface area contributed by atoms with E-state index >= 15 is 0 Å². The molecule has 2 rings (SSSR count). The summed E-state index contributed by atoms with van der Waals surface area (Å²) >= 11 is 0. The second kappa shape index (κ2) is 8.46. The summed E-state index contributed by atoms with van der Waals surface area (Å²) in [5, 5.41) is 12.8. The van der Waals surface area contributed by atoms with Crippen molar-refractivity contribution in [2.75, 3.05) is 38.3 Å². The average molecular weight is 310 g/mol. The zero-order valence-corrected chi connectivity index (χ0v) is 13.5. The summed E-state index contributed by atoms with van der Waals surface area (Å²) in [6.07, 6.45) is 2.96. The Morgan fingerprint density at radius 2 is 2.05 bits per heavy atom. The van der Waals surface area contributed by atoms with Crippen LogP contribution in [0, 0.1) is 5.82 Å². The molecule has 1 saturated heterocycles. The summed E-state index contributed by atoms with van der Waals surface area (Å²) in [5.74, 6) is -0.162. The third-order valence-electron chi connectivity index (χ3n) is 4.19. The highest BCUT2D eigenvalue weighted by molar-refractivity contribution is 5.49. The van der Waals surface area contributed by atoms with E-state index in [0.717, 1.165) is 31.5 Å². The van der Waals surface area contributed by atoms with E-state index in [-0.39, 0.29) is 11.9 Å². The first-order chi connectivity index (χ1) is 10.6. The molecule has 22 heavy (non-hydrogen) atoms.